The number of guanidine groups is 1. The molecule has 0 aliphatic carbocycles. The van der Waals surface area contributed by atoms with Crippen molar-refractivity contribution in [3.05, 3.63) is 56.3 Å². The first kappa shape index (κ1) is 17.0. The lowest BCUT2D eigenvalue weighted by atomic mass is 9.96. The lowest BCUT2D eigenvalue weighted by Gasteiger charge is -2.16. The molecular formula is C18H11BrClFN4O. The highest BCUT2D eigenvalue weighted by molar-refractivity contribution is 9.10. The number of carbonyl (C=O) groups is 1. The Bertz CT molecular complexity index is 1050. The lowest BCUT2D eigenvalue weighted by molar-refractivity contribution is 0.103. The summed E-state index contributed by atoms with van der Waals surface area (Å²) in [5.74, 6) is -0.333. The highest BCUT2D eigenvalue weighted by Crippen LogP contribution is 2.45. The molecule has 0 aromatic heterocycles. The van der Waals surface area contributed by atoms with Crippen molar-refractivity contribution in [2.24, 2.45) is 4.99 Å². The monoisotopic (exact) mass is 432 g/mol. The van der Waals surface area contributed by atoms with Crippen LogP contribution in [0.25, 0.3) is 0 Å². The molecule has 0 bridgehead atoms. The van der Waals surface area contributed by atoms with Crippen LogP contribution >= 0.6 is 27.5 Å². The van der Waals surface area contributed by atoms with E-state index < -0.39 is 11.6 Å². The van der Waals surface area contributed by atoms with E-state index in [4.69, 9.17) is 11.6 Å². The molecule has 2 heterocycles. The number of rotatable bonds is 2. The fraction of sp³-hybridized carbons (Fsp3) is 0.167. The summed E-state index contributed by atoms with van der Waals surface area (Å²) in [7, 11) is 1.81. The second-order valence-electron chi connectivity index (χ2n) is 5.93. The Labute approximate surface area is 162 Å². The standard InChI is InChI=1S/C18H11BrClFN4O/c1-24-16-11(8-22)15(17(26)10-6-9(21)2-3-13(10)20)12(19)7-14(16)25-5-4-23-18(24)25/h2-3,6-7H,4-5H2,1H3. The lowest BCUT2D eigenvalue weighted by Crippen LogP contribution is -2.32. The van der Waals surface area contributed by atoms with Crippen LogP contribution in [0.1, 0.15) is 21.5 Å². The van der Waals surface area contributed by atoms with E-state index in [1.54, 1.807) is 18.0 Å². The zero-order valence-electron chi connectivity index (χ0n) is 13.6. The van der Waals surface area contributed by atoms with Gasteiger partial charge in [-0.15, -0.1) is 0 Å². The van der Waals surface area contributed by atoms with Gasteiger partial charge in [0.25, 0.3) is 0 Å². The number of fused-ring (bicyclic) bond motifs is 3. The molecule has 0 spiro atoms. The maximum absolute atomic E-state index is 13.6. The first-order chi connectivity index (χ1) is 12.4. The van der Waals surface area contributed by atoms with Crippen molar-refractivity contribution in [1.82, 2.24) is 0 Å². The van der Waals surface area contributed by atoms with E-state index in [1.807, 2.05) is 4.90 Å². The molecule has 2 aromatic rings. The van der Waals surface area contributed by atoms with Crippen LogP contribution in [0.5, 0.6) is 0 Å². The Hall–Kier alpha value is -2.43. The minimum absolute atomic E-state index is 0.0160. The van der Waals surface area contributed by atoms with E-state index in [2.05, 4.69) is 27.0 Å². The van der Waals surface area contributed by atoms with Crippen LogP contribution in [0.15, 0.2) is 33.7 Å². The number of hydrogen-bond donors (Lipinski definition) is 0. The molecule has 0 radical (unpaired) electrons. The van der Waals surface area contributed by atoms with E-state index in [-0.39, 0.29) is 21.7 Å². The molecule has 0 amide bonds. The van der Waals surface area contributed by atoms with Crippen molar-refractivity contribution in [2.45, 2.75) is 0 Å². The molecule has 2 aliphatic rings. The smallest absolute Gasteiger partial charge is 0.205 e. The van der Waals surface area contributed by atoms with E-state index in [0.717, 1.165) is 17.7 Å². The van der Waals surface area contributed by atoms with Gasteiger partial charge >= 0.3 is 0 Å². The normalized spacial score (nSPS) is 14.8. The first-order valence-electron chi connectivity index (χ1n) is 7.76. The Morgan fingerprint density at radius 2 is 2.19 bits per heavy atom. The summed E-state index contributed by atoms with van der Waals surface area (Å²) in [5, 5.41) is 9.92. The largest absolute Gasteiger partial charge is 0.312 e. The predicted octanol–water partition coefficient (Wildman–Crippen LogP) is 3.97. The quantitative estimate of drug-likeness (QED) is 0.673. The molecule has 0 saturated carbocycles. The molecule has 0 saturated heterocycles. The van der Waals surface area contributed by atoms with Gasteiger partial charge in [-0.05, 0) is 40.2 Å². The molecule has 26 heavy (non-hydrogen) atoms. The molecule has 0 atom stereocenters. The van der Waals surface area contributed by atoms with Crippen LogP contribution in [0.4, 0.5) is 15.8 Å². The molecule has 0 N–H and O–H groups in total. The van der Waals surface area contributed by atoms with Gasteiger partial charge in [-0.3, -0.25) is 9.79 Å². The summed E-state index contributed by atoms with van der Waals surface area (Å²) >= 11 is 9.49. The van der Waals surface area contributed by atoms with Gasteiger partial charge in [0.15, 0.2) is 5.78 Å². The number of aliphatic imine (C=N–C) groups is 1. The maximum atomic E-state index is 13.6. The number of nitrogens with zero attached hydrogens (tertiary/aromatic N) is 4. The molecule has 2 aliphatic heterocycles. The predicted molar refractivity (Wildman–Crippen MR) is 102 cm³/mol. The molecule has 4 rings (SSSR count). The van der Waals surface area contributed by atoms with Crippen LogP contribution in [-0.4, -0.2) is 31.9 Å². The van der Waals surface area contributed by atoms with Crippen molar-refractivity contribution in [3.8, 4) is 6.07 Å². The summed E-state index contributed by atoms with van der Waals surface area (Å²) in [4.78, 5) is 21.3. The van der Waals surface area contributed by atoms with E-state index in [9.17, 15) is 14.4 Å². The highest BCUT2D eigenvalue weighted by atomic mass is 79.9. The number of hydrogen-bond acceptors (Lipinski definition) is 5. The summed E-state index contributed by atoms with van der Waals surface area (Å²) < 4.78 is 14.1. The van der Waals surface area contributed by atoms with E-state index in [0.29, 0.717) is 23.2 Å². The number of ketones is 1. The molecule has 8 heteroatoms. The van der Waals surface area contributed by atoms with Gasteiger partial charge in [0.1, 0.15) is 11.9 Å². The molecule has 0 unspecified atom stereocenters. The second-order valence-corrected chi connectivity index (χ2v) is 7.20. The van der Waals surface area contributed by atoms with Crippen LogP contribution in [0.3, 0.4) is 0 Å². The molecule has 2 aromatic carbocycles. The topological polar surface area (TPSA) is 59.7 Å². The van der Waals surface area contributed by atoms with Gasteiger partial charge < -0.3 is 9.80 Å². The van der Waals surface area contributed by atoms with Gasteiger partial charge in [-0.2, -0.15) is 5.26 Å². The van der Waals surface area contributed by atoms with Gasteiger partial charge in [-0.1, -0.05) is 11.6 Å². The third kappa shape index (κ3) is 2.33. The Kier molecular flexibility index (Phi) is 3.98. The number of anilines is 2. The second kappa shape index (κ2) is 6.08. The summed E-state index contributed by atoms with van der Waals surface area (Å²) in [6.07, 6.45) is 0. The number of nitriles is 1. The third-order valence-electron chi connectivity index (χ3n) is 4.49. The van der Waals surface area contributed by atoms with Crippen LogP contribution in [0, 0.1) is 17.1 Å². The van der Waals surface area contributed by atoms with Gasteiger partial charge in [0.2, 0.25) is 5.96 Å². The average Bonchev–Trinajstić information content (AvgIpc) is 3.19. The van der Waals surface area contributed by atoms with Crippen molar-refractivity contribution >= 4 is 50.6 Å². The number of carbonyl (C=O) groups excluding carboxylic acids is 1. The zero-order chi connectivity index (χ0) is 18.6. The Balaban J connectivity index is 1.95. The third-order valence-corrected chi connectivity index (χ3v) is 5.44. The van der Waals surface area contributed by atoms with Crippen LogP contribution in [0.2, 0.25) is 5.02 Å². The first-order valence-corrected chi connectivity index (χ1v) is 8.93. The Morgan fingerprint density at radius 3 is 2.92 bits per heavy atom. The van der Waals surface area contributed by atoms with Crippen LogP contribution < -0.4 is 9.80 Å². The van der Waals surface area contributed by atoms with Gasteiger partial charge in [0.05, 0.1) is 34.1 Å². The highest BCUT2D eigenvalue weighted by Gasteiger charge is 2.38. The van der Waals surface area contributed by atoms with Crippen molar-refractivity contribution < 1.29 is 9.18 Å². The van der Waals surface area contributed by atoms with E-state index >= 15 is 0 Å². The molecule has 130 valence electrons. The number of halogens is 3. The van der Waals surface area contributed by atoms with Crippen molar-refractivity contribution in [1.29, 1.82) is 5.26 Å². The molecule has 0 fully saturated rings. The van der Waals surface area contributed by atoms with Gasteiger partial charge in [0, 0.05) is 23.6 Å². The van der Waals surface area contributed by atoms with Crippen molar-refractivity contribution in [2.75, 3.05) is 29.9 Å². The summed E-state index contributed by atoms with van der Waals surface area (Å²) in [6.45, 7) is 1.39. The fourth-order valence-electron chi connectivity index (χ4n) is 3.36. The number of benzene rings is 2. The molecular weight excluding hydrogens is 423 g/mol. The summed E-state index contributed by atoms with van der Waals surface area (Å²) in [5.41, 5.74) is 1.81. The fourth-order valence-corrected chi connectivity index (χ4v) is 4.16. The molecule has 5 nitrogen and oxygen atoms in total. The minimum Gasteiger partial charge on any atom is -0.312 e. The van der Waals surface area contributed by atoms with Crippen LogP contribution in [-0.2, 0) is 0 Å². The maximum Gasteiger partial charge on any atom is 0.205 e. The SMILES string of the molecule is CN1C2=NCCN2c2cc(Br)c(C(=O)c3cc(F)ccc3Cl)c(C#N)c21. The minimum atomic E-state index is -0.569. The van der Waals surface area contributed by atoms with Crippen molar-refractivity contribution in [3.63, 3.8) is 0 Å². The van der Waals surface area contributed by atoms with E-state index in [1.165, 1.54) is 12.1 Å². The van der Waals surface area contributed by atoms with Gasteiger partial charge in [-0.25, -0.2) is 4.39 Å². The Morgan fingerprint density at radius 1 is 1.42 bits per heavy atom. The summed E-state index contributed by atoms with van der Waals surface area (Å²) in [6, 6.07) is 7.51. The average molecular weight is 434 g/mol. The zero-order valence-corrected chi connectivity index (χ0v) is 15.9.